The Balaban J connectivity index is 1.77. The molecule has 0 fully saturated rings. The number of methoxy groups -OCH3 is 2. The van der Waals surface area contributed by atoms with Crippen LogP contribution in [0.15, 0.2) is 71.7 Å². The van der Waals surface area contributed by atoms with Crippen molar-refractivity contribution in [1.82, 2.24) is 4.57 Å². The van der Waals surface area contributed by atoms with Crippen LogP contribution in [0.25, 0.3) is 10.9 Å². The summed E-state index contributed by atoms with van der Waals surface area (Å²) in [4.78, 5) is 39.6. The average molecular weight is 489 g/mol. The van der Waals surface area contributed by atoms with Gasteiger partial charge in [-0.2, -0.15) is 0 Å². The first kappa shape index (κ1) is 24.7. The Bertz CT molecular complexity index is 1510. The first-order chi connectivity index (χ1) is 17.3. The van der Waals surface area contributed by atoms with Gasteiger partial charge in [0.05, 0.1) is 31.0 Å². The molecule has 0 unspecified atom stereocenters. The number of anilines is 1. The zero-order chi connectivity index (χ0) is 25.8. The highest BCUT2D eigenvalue weighted by molar-refractivity contribution is 6.10. The second-order valence-corrected chi connectivity index (χ2v) is 8.16. The van der Waals surface area contributed by atoms with Crippen LogP contribution in [0.1, 0.15) is 28.4 Å². The lowest BCUT2D eigenvalue weighted by Gasteiger charge is -2.15. The van der Waals surface area contributed by atoms with Crippen molar-refractivity contribution < 1.29 is 23.5 Å². The highest BCUT2D eigenvalue weighted by atomic mass is 19.1. The molecule has 0 aliphatic rings. The van der Waals surface area contributed by atoms with E-state index < -0.39 is 22.9 Å². The van der Waals surface area contributed by atoms with E-state index in [0.717, 1.165) is 17.7 Å². The van der Waals surface area contributed by atoms with Gasteiger partial charge in [0.2, 0.25) is 11.3 Å². The zero-order valence-electron chi connectivity index (χ0n) is 20.1. The number of ketones is 1. The Labute approximate surface area is 207 Å². The molecule has 0 bridgehead atoms. The summed E-state index contributed by atoms with van der Waals surface area (Å²) in [7, 11) is 3.01. The molecule has 0 radical (unpaired) electrons. The number of nitrogens with one attached hydrogen (secondary N) is 1. The van der Waals surface area contributed by atoms with E-state index in [2.05, 4.69) is 5.32 Å². The van der Waals surface area contributed by atoms with Crippen molar-refractivity contribution in [2.24, 2.45) is 0 Å². The van der Waals surface area contributed by atoms with Crippen LogP contribution in [0.2, 0.25) is 0 Å². The van der Waals surface area contributed by atoms with Gasteiger partial charge in [0.15, 0.2) is 5.78 Å². The number of nitrogens with zero attached hydrogens (tertiary/aromatic N) is 1. The molecule has 8 heteroatoms. The monoisotopic (exact) mass is 488 g/mol. The van der Waals surface area contributed by atoms with E-state index in [-0.39, 0.29) is 17.7 Å². The number of carbonyl (C=O) groups excluding carboxylic acids is 2. The maximum Gasteiger partial charge on any atom is 0.244 e. The normalized spacial score (nSPS) is 10.8. The van der Waals surface area contributed by atoms with Gasteiger partial charge in [-0.3, -0.25) is 14.4 Å². The number of benzene rings is 3. The molecule has 0 spiro atoms. The van der Waals surface area contributed by atoms with E-state index in [1.165, 1.54) is 32.5 Å². The van der Waals surface area contributed by atoms with E-state index in [9.17, 15) is 18.8 Å². The average Bonchev–Trinajstić information content (AvgIpc) is 2.89. The maximum atomic E-state index is 13.4. The van der Waals surface area contributed by atoms with Crippen molar-refractivity contribution in [2.45, 2.75) is 19.9 Å². The number of ether oxygens (including phenoxy) is 2. The van der Waals surface area contributed by atoms with E-state index in [0.29, 0.717) is 34.5 Å². The molecule has 0 aliphatic heterocycles. The van der Waals surface area contributed by atoms with Crippen LogP contribution in [0, 0.1) is 5.82 Å². The van der Waals surface area contributed by atoms with Crippen LogP contribution in [0.3, 0.4) is 0 Å². The molecule has 3 aromatic carbocycles. The number of amides is 1. The number of aryl methyl sites for hydroxylation is 1. The first-order valence-corrected chi connectivity index (χ1v) is 11.3. The highest BCUT2D eigenvalue weighted by Gasteiger charge is 2.19. The Hall–Kier alpha value is -4.46. The number of hydrogen-bond donors (Lipinski definition) is 1. The summed E-state index contributed by atoms with van der Waals surface area (Å²) in [6, 6.07) is 15.4. The number of pyridine rings is 1. The minimum absolute atomic E-state index is 0.103. The second-order valence-electron chi connectivity index (χ2n) is 8.16. The van der Waals surface area contributed by atoms with Crippen LogP contribution < -0.4 is 20.2 Å². The third-order valence-corrected chi connectivity index (χ3v) is 5.90. The summed E-state index contributed by atoms with van der Waals surface area (Å²) in [5.41, 5.74) is 1.48. The van der Waals surface area contributed by atoms with Gasteiger partial charge in [0, 0.05) is 23.2 Å². The Morgan fingerprint density at radius 2 is 1.72 bits per heavy atom. The number of hydrogen-bond acceptors (Lipinski definition) is 5. The molecule has 1 heterocycles. The first-order valence-electron chi connectivity index (χ1n) is 11.3. The second kappa shape index (κ2) is 10.4. The number of fused-ring (bicyclic) bond motifs is 1. The smallest absolute Gasteiger partial charge is 0.244 e. The number of carbonyl (C=O) groups is 2. The molecule has 4 rings (SSSR count). The zero-order valence-corrected chi connectivity index (χ0v) is 20.1. The Kier molecular flexibility index (Phi) is 7.15. The van der Waals surface area contributed by atoms with E-state index in [4.69, 9.17) is 9.47 Å². The van der Waals surface area contributed by atoms with Crippen molar-refractivity contribution in [3.63, 3.8) is 0 Å². The molecule has 0 aliphatic carbocycles. The quantitative estimate of drug-likeness (QED) is 0.367. The molecule has 1 N–H and O–H groups in total. The molecular weight excluding hydrogens is 463 g/mol. The maximum absolute atomic E-state index is 13.4. The Morgan fingerprint density at radius 3 is 2.39 bits per heavy atom. The van der Waals surface area contributed by atoms with Gasteiger partial charge in [0.25, 0.3) is 0 Å². The van der Waals surface area contributed by atoms with Crippen LogP contribution >= 0.6 is 0 Å². The predicted molar refractivity (Wildman–Crippen MR) is 136 cm³/mol. The molecule has 7 nitrogen and oxygen atoms in total. The molecular formula is C28H25FN2O5. The molecule has 4 aromatic rings. The van der Waals surface area contributed by atoms with Gasteiger partial charge in [-0.15, -0.1) is 0 Å². The van der Waals surface area contributed by atoms with Gasteiger partial charge >= 0.3 is 0 Å². The van der Waals surface area contributed by atoms with Crippen LogP contribution in [-0.2, 0) is 17.8 Å². The molecule has 0 saturated heterocycles. The fraction of sp³-hybridized carbons (Fsp3) is 0.179. The van der Waals surface area contributed by atoms with Gasteiger partial charge in [-0.05, 0) is 60.5 Å². The predicted octanol–water partition coefficient (Wildman–Crippen LogP) is 4.59. The van der Waals surface area contributed by atoms with Crippen LogP contribution in [0.4, 0.5) is 10.1 Å². The number of aromatic nitrogens is 1. The largest absolute Gasteiger partial charge is 0.497 e. The van der Waals surface area contributed by atoms with E-state index >= 15 is 0 Å². The fourth-order valence-electron chi connectivity index (χ4n) is 3.97. The van der Waals surface area contributed by atoms with Gasteiger partial charge < -0.3 is 19.4 Å². The number of rotatable bonds is 8. The molecule has 1 amide bonds. The third kappa shape index (κ3) is 4.98. The third-order valence-electron chi connectivity index (χ3n) is 5.90. The van der Waals surface area contributed by atoms with Crippen molar-refractivity contribution >= 4 is 28.3 Å². The van der Waals surface area contributed by atoms with Gasteiger partial charge in [-0.25, -0.2) is 4.39 Å². The van der Waals surface area contributed by atoms with Crippen molar-refractivity contribution in [2.75, 3.05) is 19.5 Å². The van der Waals surface area contributed by atoms with E-state index in [1.54, 1.807) is 34.9 Å². The lowest BCUT2D eigenvalue weighted by molar-refractivity contribution is -0.116. The molecule has 36 heavy (non-hydrogen) atoms. The minimum atomic E-state index is -0.549. The summed E-state index contributed by atoms with van der Waals surface area (Å²) in [5.74, 6) is -0.439. The van der Waals surface area contributed by atoms with Gasteiger partial charge in [0.1, 0.15) is 23.9 Å². The summed E-state index contributed by atoms with van der Waals surface area (Å²) < 4.78 is 25.5. The molecule has 1 aromatic heterocycles. The van der Waals surface area contributed by atoms with Crippen molar-refractivity contribution in [3.8, 4) is 11.5 Å². The standard InChI is InChI=1S/C28H25FN2O5/c1-4-17-5-11-24-21(13-17)28(34)22(27(33)18-6-8-19(29)9-7-18)15-31(24)16-26(32)30-23-14-20(35-2)10-12-25(23)36-3/h5-15H,4,16H2,1-3H3,(H,30,32). The Morgan fingerprint density at radius 1 is 0.972 bits per heavy atom. The van der Waals surface area contributed by atoms with Gasteiger partial charge in [-0.1, -0.05) is 13.0 Å². The van der Waals surface area contributed by atoms with Crippen LogP contribution in [-0.4, -0.2) is 30.5 Å². The lowest BCUT2D eigenvalue weighted by Crippen LogP contribution is -2.24. The fourth-order valence-corrected chi connectivity index (χ4v) is 3.97. The summed E-state index contributed by atoms with van der Waals surface area (Å²) in [6.45, 7) is 1.79. The molecule has 184 valence electrons. The van der Waals surface area contributed by atoms with Crippen molar-refractivity contribution in [3.05, 3.63) is 99.6 Å². The summed E-state index contributed by atoms with van der Waals surface area (Å²) in [5, 5.41) is 3.13. The van der Waals surface area contributed by atoms with Crippen molar-refractivity contribution in [1.29, 1.82) is 0 Å². The minimum Gasteiger partial charge on any atom is -0.497 e. The lowest BCUT2D eigenvalue weighted by atomic mass is 10.0. The molecule has 0 atom stereocenters. The van der Waals surface area contributed by atoms with E-state index in [1.807, 2.05) is 13.0 Å². The highest BCUT2D eigenvalue weighted by Crippen LogP contribution is 2.29. The number of halogens is 1. The SMILES string of the molecule is CCc1ccc2c(c1)c(=O)c(C(=O)c1ccc(F)cc1)cn2CC(=O)Nc1cc(OC)ccc1OC. The summed E-state index contributed by atoms with van der Waals surface area (Å²) >= 11 is 0. The molecule has 0 saturated carbocycles. The summed E-state index contributed by atoms with van der Waals surface area (Å²) in [6.07, 6.45) is 2.08. The topological polar surface area (TPSA) is 86.6 Å². The van der Waals surface area contributed by atoms with Crippen LogP contribution in [0.5, 0.6) is 11.5 Å².